The maximum absolute atomic E-state index is 7.08. The van der Waals surface area contributed by atoms with Crippen LogP contribution in [0, 0.1) is 11.8 Å². The van der Waals surface area contributed by atoms with Gasteiger partial charge in [0.15, 0.2) is 16.6 Å². The van der Waals surface area contributed by atoms with Crippen molar-refractivity contribution in [2.75, 3.05) is 0 Å². The normalized spacial score (nSPS) is 35.7. The molecular formula is C18H38OSi2. The Morgan fingerprint density at radius 3 is 1.38 bits per heavy atom. The van der Waals surface area contributed by atoms with E-state index in [1.807, 2.05) is 0 Å². The Balaban J connectivity index is 1.99. The highest BCUT2D eigenvalue weighted by atomic mass is 28.4. The highest BCUT2D eigenvalue weighted by Gasteiger charge is 2.44. The minimum absolute atomic E-state index is 0.911. The largest absolute Gasteiger partial charge is 0.455 e. The molecule has 0 N–H and O–H groups in total. The van der Waals surface area contributed by atoms with Crippen LogP contribution in [0.1, 0.15) is 65.2 Å². The van der Waals surface area contributed by atoms with E-state index < -0.39 is 16.6 Å². The van der Waals surface area contributed by atoms with Gasteiger partial charge in [-0.2, -0.15) is 0 Å². The summed E-state index contributed by atoms with van der Waals surface area (Å²) in [5, 5.41) is 0. The molecule has 0 aliphatic heterocycles. The zero-order valence-corrected chi connectivity index (χ0v) is 17.4. The quantitative estimate of drug-likeness (QED) is 0.530. The van der Waals surface area contributed by atoms with Gasteiger partial charge in [-0.15, -0.1) is 0 Å². The van der Waals surface area contributed by atoms with Gasteiger partial charge in [0.05, 0.1) is 0 Å². The summed E-state index contributed by atoms with van der Waals surface area (Å²) in [5.74, 6) is 1.86. The fourth-order valence-corrected chi connectivity index (χ4v) is 15.5. The summed E-state index contributed by atoms with van der Waals surface area (Å²) >= 11 is 0. The van der Waals surface area contributed by atoms with Crippen molar-refractivity contribution in [3.05, 3.63) is 0 Å². The second-order valence-corrected chi connectivity index (χ2v) is 18.1. The van der Waals surface area contributed by atoms with Crippen molar-refractivity contribution in [3.8, 4) is 0 Å². The van der Waals surface area contributed by atoms with Crippen LogP contribution in [0.5, 0.6) is 0 Å². The maximum atomic E-state index is 7.08. The Morgan fingerprint density at radius 2 is 1.05 bits per heavy atom. The van der Waals surface area contributed by atoms with Crippen molar-refractivity contribution in [3.63, 3.8) is 0 Å². The van der Waals surface area contributed by atoms with Crippen molar-refractivity contribution in [2.24, 2.45) is 11.8 Å². The van der Waals surface area contributed by atoms with E-state index in [1.165, 1.54) is 51.4 Å². The second-order valence-electron chi connectivity index (χ2n) is 9.25. The van der Waals surface area contributed by atoms with Crippen molar-refractivity contribution in [1.82, 2.24) is 0 Å². The third kappa shape index (κ3) is 4.68. The van der Waals surface area contributed by atoms with Gasteiger partial charge in [0.25, 0.3) is 0 Å². The number of rotatable bonds is 4. The molecule has 2 fully saturated rings. The highest BCUT2D eigenvalue weighted by Crippen LogP contribution is 2.45. The van der Waals surface area contributed by atoms with E-state index in [0.717, 1.165) is 22.9 Å². The summed E-state index contributed by atoms with van der Waals surface area (Å²) in [6, 6.07) is 0. The standard InChI is InChI=1S/C18H38OSi2/c1-15-9-7-11-17(13-15)20(3,4)19-21(5,6)18-12-8-10-16(2)14-18/h15-18H,7-14H2,1-6H3. The molecule has 0 amide bonds. The zero-order chi connectivity index (χ0) is 15.7. The van der Waals surface area contributed by atoms with Crippen LogP contribution in [0.3, 0.4) is 0 Å². The second kappa shape index (κ2) is 6.88. The number of hydrogen-bond donors (Lipinski definition) is 0. The van der Waals surface area contributed by atoms with Gasteiger partial charge in [-0.3, -0.25) is 0 Å². The minimum Gasteiger partial charge on any atom is -0.455 e. The van der Waals surface area contributed by atoms with Gasteiger partial charge in [-0.25, -0.2) is 0 Å². The Kier molecular flexibility index (Phi) is 5.81. The van der Waals surface area contributed by atoms with E-state index in [2.05, 4.69) is 40.0 Å². The van der Waals surface area contributed by atoms with Crippen molar-refractivity contribution in [2.45, 2.75) is 102 Å². The first-order valence-electron chi connectivity index (χ1n) is 9.41. The summed E-state index contributed by atoms with van der Waals surface area (Å²) in [4.78, 5) is 0. The molecule has 4 atom stereocenters. The molecule has 0 spiro atoms. The van der Waals surface area contributed by atoms with E-state index in [4.69, 9.17) is 4.12 Å². The molecular weight excluding hydrogens is 288 g/mol. The molecule has 124 valence electrons. The van der Waals surface area contributed by atoms with Crippen LogP contribution in [0.25, 0.3) is 0 Å². The molecule has 2 aliphatic rings. The third-order valence-corrected chi connectivity index (χ3v) is 15.6. The first-order valence-corrected chi connectivity index (χ1v) is 15.4. The highest BCUT2D eigenvalue weighted by molar-refractivity contribution is 6.86. The van der Waals surface area contributed by atoms with Crippen molar-refractivity contribution >= 4 is 16.6 Å². The molecule has 4 unspecified atom stereocenters. The Labute approximate surface area is 135 Å². The van der Waals surface area contributed by atoms with Gasteiger partial charge in [-0.05, 0) is 61.9 Å². The average molecular weight is 327 g/mol. The molecule has 2 rings (SSSR count). The molecule has 2 aliphatic carbocycles. The summed E-state index contributed by atoms with van der Waals surface area (Å²) in [5.41, 5.74) is 1.82. The van der Waals surface area contributed by atoms with Gasteiger partial charge >= 0.3 is 0 Å². The van der Waals surface area contributed by atoms with Gasteiger partial charge in [-0.1, -0.05) is 52.4 Å². The van der Waals surface area contributed by atoms with Gasteiger partial charge in [0, 0.05) is 0 Å². The van der Waals surface area contributed by atoms with Gasteiger partial charge < -0.3 is 4.12 Å². The van der Waals surface area contributed by atoms with Gasteiger partial charge in [0.1, 0.15) is 0 Å². The maximum Gasteiger partial charge on any atom is 0.176 e. The Morgan fingerprint density at radius 1 is 0.667 bits per heavy atom. The lowest BCUT2D eigenvalue weighted by Gasteiger charge is -2.46. The summed E-state index contributed by atoms with van der Waals surface area (Å²) in [7, 11) is -3.05. The monoisotopic (exact) mass is 326 g/mol. The molecule has 2 saturated carbocycles. The van der Waals surface area contributed by atoms with Crippen LogP contribution in [0.4, 0.5) is 0 Å². The van der Waals surface area contributed by atoms with E-state index >= 15 is 0 Å². The van der Waals surface area contributed by atoms with Crippen LogP contribution < -0.4 is 0 Å². The lowest BCUT2D eigenvalue weighted by Crippen LogP contribution is -2.51. The van der Waals surface area contributed by atoms with Crippen LogP contribution in [-0.2, 0) is 4.12 Å². The molecule has 0 saturated heterocycles. The number of hydrogen-bond acceptors (Lipinski definition) is 1. The molecule has 0 bridgehead atoms. The molecule has 0 aromatic rings. The average Bonchev–Trinajstić information content (AvgIpc) is 2.37. The molecule has 0 aromatic heterocycles. The first-order chi connectivity index (χ1) is 9.71. The Hall–Kier alpha value is 0.394. The smallest absolute Gasteiger partial charge is 0.176 e. The van der Waals surface area contributed by atoms with E-state index in [9.17, 15) is 0 Å². The fraction of sp³-hybridized carbons (Fsp3) is 1.00. The van der Waals surface area contributed by atoms with Crippen LogP contribution >= 0.6 is 0 Å². The molecule has 3 heteroatoms. The third-order valence-electron chi connectivity index (χ3n) is 6.37. The summed E-state index contributed by atoms with van der Waals surface area (Å²) in [6.45, 7) is 15.0. The predicted octanol–water partition coefficient (Wildman–Crippen LogP) is 6.57. The van der Waals surface area contributed by atoms with Crippen LogP contribution in [0.15, 0.2) is 0 Å². The predicted molar refractivity (Wildman–Crippen MR) is 98.8 cm³/mol. The van der Waals surface area contributed by atoms with Crippen molar-refractivity contribution in [1.29, 1.82) is 0 Å². The molecule has 1 nitrogen and oxygen atoms in total. The SMILES string of the molecule is CC1CCCC([Si](C)(C)O[Si](C)(C)C2CCCC(C)C2)C1. The zero-order valence-electron chi connectivity index (χ0n) is 15.4. The summed E-state index contributed by atoms with van der Waals surface area (Å²) < 4.78 is 7.08. The van der Waals surface area contributed by atoms with E-state index in [-0.39, 0.29) is 0 Å². The van der Waals surface area contributed by atoms with Crippen LogP contribution in [-0.4, -0.2) is 16.6 Å². The van der Waals surface area contributed by atoms with Gasteiger partial charge in [0.2, 0.25) is 0 Å². The minimum atomic E-state index is -1.52. The van der Waals surface area contributed by atoms with Crippen LogP contribution in [0.2, 0.25) is 37.3 Å². The Bertz CT molecular complexity index is 308. The lowest BCUT2D eigenvalue weighted by atomic mass is 9.90. The molecule has 21 heavy (non-hydrogen) atoms. The first kappa shape index (κ1) is 17.7. The van der Waals surface area contributed by atoms with E-state index in [1.54, 1.807) is 0 Å². The molecule has 0 aromatic carbocycles. The molecule has 0 radical (unpaired) electrons. The molecule has 0 heterocycles. The van der Waals surface area contributed by atoms with Crippen molar-refractivity contribution < 1.29 is 4.12 Å². The fourth-order valence-electron chi connectivity index (χ4n) is 4.98. The van der Waals surface area contributed by atoms with E-state index in [0.29, 0.717) is 0 Å². The topological polar surface area (TPSA) is 9.23 Å². The lowest BCUT2D eigenvalue weighted by molar-refractivity contribution is 0.337. The summed E-state index contributed by atoms with van der Waals surface area (Å²) in [6.07, 6.45) is 11.5.